The van der Waals surface area contributed by atoms with Gasteiger partial charge in [0.25, 0.3) is 0 Å². The van der Waals surface area contributed by atoms with Crippen molar-refractivity contribution in [1.29, 1.82) is 0 Å². The lowest BCUT2D eigenvalue weighted by atomic mass is 10.2. The van der Waals surface area contributed by atoms with Gasteiger partial charge in [0.15, 0.2) is 0 Å². The highest BCUT2D eigenvalue weighted by atomic mass is 16.2. The summed E-state index contributed by atoms with van der Waals surface area (Å²) in [5.41, 5.74) is 2.60. The number of anilines is 4. The molecule has 2 rings (SSSR count). The van der Waals surface area contributed by atoms with E-state index in [9.17, 15) is 14.4 Å². The van der Waals surface area contributed by atoms with Crippen molar-refractivity contribution < 1.29 is 14.4 Å². The van der Waals surface area contributed by atoms with Gasteiger partial charge in [0.05, 0.1) is 6.54 Å². The Morgan fingerprint density at radius 2 is 1.27 bits per heavy atom. The van der Waals surface area contributed by atoms with E-state index in [0.717, 1.165) is 5.69 Å². The Hall–Kier alpha value is -3.35. The highest BCUT2D eigenvalue weighted by Crippen LogP contribution is 2.16. The van der Waals surface area contributed by atoms with Crippen LogP contribution in [0.1, 0.15) is 20.3 Å². The lowest BCUT2D eigenvalue weighted by Gasteiger charge is -2.10. The molecule has 0 aliphatic heterocycles. The number of hydrogen-bond donors (Lipinski definition) is 4. The standard InChI is InChI=1S/C19H22N4O3/c1-3-18(25)22-16-8-5-9-17(11-16)23-19(26)12-20-14-6-4-7-15(10-14)21-13(2)24/h4-11,20H,3,12H2,1-2H3,(H,21,24)(H,22,25)(H,23,26). The molecule has 0 bridgehead atoms. The molecule has 0 saturated carbocycles. The van der Waals surface area contributed by atoms with Crippen LogP contribution in [-0.4, -0.2) is 24.3 Å². The smallest absolute Gasteiger partial charge is 0.243 e. The average molecular weight is 354 g/mol. The summed E-state index contributed by atoms with van der Waals surface area (Å²) in [7, 11) is 0. The first-order valence-electron chi connectivity index (χ1n) is 8.27. The second-order valence-corrected chi connectivity index (χ2v) is 5.65. The Balaban J connectivity index is 1.90. The van der Waals surface area contributed by atoms with Gasteiger partial charge in [-0.15, -0.1) is 0 Å². The van der Waals surface area contributed by atoms with E-state index in [-0.39, 0.29) is 24.3 Å². The molecule has 2 aromatic rings. The van der Waals surface area contributed by atoms with Crippen molar-refractivity contribution in [2.45, 2.75) is 20.3 Å². The van der Waals surface area contributed by atoms with Gasteiger partial charge in [-0.3, -0.25) is 14.4 Å². The number of benzene rings is 2. The normalized spacial score (nSPS) is 9.92. The van der Waals surface area contributed by atoms with E-state index in [1.54, 1.807) is 55.5 Å². The maximum atomic E-state index is 12.1. The van der Waals surface area contributed by atoms with Crippen LogP contribution >= 0.6 is 0 Å². The van der Waals surface area contributed by atoms with Gasteiger partial charge < -0.3 is 21.3 Å². The number of nitrogens with one attached hydrogen (secondary N) is 4. The fourth-order valence-corrected chi connectivity index (χ4v) is 2.22. The van der Waals surface area contributed by atoms with Crippen LogP contribution < -0.4 is 21.3 Å². The van der Waals surface area contributed by atoms with E-state index in [1.807, 2.05) is 0 Å². The molecule has 7 nitrogen and oxygen atoms in total. The van der Waals surface area contributed by atoms with E-state index >= 15 is 0 Å². The zero-order valence-corrected chi connectivity index (χ0v) is 14.8. The van der Waals surface area contributed by atoms with E-state index in [4.69, 9.17) is 0 Å². The van der Waals surface area contributed by atoms with Crippen LogP contribution in [-0.2, 0) is 14.4 Å². The number of rotatable bonds is 7. The molecule has 0 heterocycles. The summed E-state index contributed by atoms with van der Waals surface area (Å²) >= 11 is 0. The summed E-state index contributed by atoms with van der Waals surface area (Å²) in [6.45, 7) is 3.27. The molecule has 2 aromatic carbocycles. The van der Waals surface area contributed by atoms with Gasteiger partial charge in [0.1, 0.15) is 0 Å². The maximum absolute atomic E-state index is 12.1. The third-order valence-corrected chi connectivity index (χ3v) is 3.39. The molecule has 0 saturated heterocycles. The fourth-order valence-electron chi connectivity index (χ4n) is 2.22. The zero-order chi connectivity index (χ0) is 18.9. The molecule has 3 amide bonds. The molecule has 0 radical (unpaired) electrons. The Bertz CT molecular complexity index is 805. The van der Waals surface area contributed by atoms with E-state index in [2.05, 4.69) is 21.3 Å². The largest absolute Gasteiger partial charge is 0.376 e. The van der Waals surface area contributed by atoms with Gasteiger partial charge >= 0.3 is 0 Å². The Labute approximate surface area is 152 Å². The number of carbonyl (C=O) groups is 3. The number of carbonyl (C=O) groups excluding carboxylic acids is 3. The molecule has 0 spiro atoms. The first kappa shape index (κ1) is 19.0. The van der Waals surface area contributed by atoms with Gasteiger partial charge in [-0.25, -0.2) is 0 Å². The highest BCUT2D eigenvalue weighted by Gasteiger charge is 2.05. The summed E-state index contributed by atoms with van der Waals surface area (Å²) in [6.07, 6.45) is 0.387. The molecule has 0 aromatic heterocycles. The molecule has 0 unspecified atom stereocenters. The van der Waals surface area contributed by atoms with Gasteiger partial charge in [-0.05, 0) is 36.4 Å². The zero-order valence-electron chi connectivity index (χ0n) is 14.8. The van der Waals surface area contributed by atoms with Gasteiger partial charge in [-0.2, -0.15) is 0 Å². The first-order chi connectivity index (χ1) is 12.5. The van der Waals surface area contributed by atoms with E-state index in [0.29, 0.717) is 23.5 Å². The predicted octanol–water partition coefficient (Wildman–Crippen LogP) is 3.04. The van der Waals surface area contributed by atoms with Gasteiger partial charge in [-0.1, -0.05) is 19.1 Å². The molecule has 0 atom stereocenters. The molecular formula is C19H22N4O3. The van der Waals surface area contributed by atoms with Crippen molar-refractivity contribution in [3.05, 3.63) is 48.5 Å². The fraction of sp³-hybridized carbons (Fsp3) is 0.211. The van der Waals surface area contributed by atoms with Crippen molar-refractivity contribution in [3.63, 3.8) is 0 Å². The average Bonchev–Trinajstić information content (AvgIpc) is 2.60. The lowest BCUT2D eigenvalue weighted by Crippen LogP contribution is -2.22. The maximum Gasteiger partial charge on any atom is 0.243 e. The number of hydrogen-bond acceptors (Lipinski definition) is 4. The van der Waals surface area contributed by atoms with E-state index in [1.165, 1.54) is 6.92 Å². The monoisotopic (exact) mass is 354 g/mol. The molecule has 0 fully saturated rings. The second-order valence-electron chi connectivity index (χ2n) is 5.65. The van der Waals surface area contributed by atoms with Crippen LogP contribution in [0, 0.1) is 0 Å². The van der Waals surface area contributed by atoms with Crippen LogP contribution in [0.15, 0.2) is 48.5 Å². The van der Waals surface area contributed by atoms with Crippen molar-refractivity contribution in [3.8, 4) is 0 Å². The molecule has 7 heteroatoms. The van der Waals surface area contributed by atoms with E-state index < -0.39 is 0 Å². The SMILES string of the molecule is CCC(=O)Nc1cccc(NC(=O)CNc2cccc(NC(C)=O)c2)c1. The van der Waals surface area contributed by atoms with Crippen LogP contribution in [0.25, 0.3) is 0 Å². The van der Waals surface area contributed by atoms with Gasteiger partial charge in [0, 0.05) is 36.1 Å². The minimum atomic E-state index is -0.228. The number of amides is 3. The molecule has 4 N–H and O–H groups in total. The van der Waals surface area contributed by atoms with Crippen molar-refractivity contribution in [2.75, 3.05) is 27.8 Å². The Morgan fingerprint density at radius 1 is 0.769 bits per heavy atom. The Kier molecular flexibility index (Phi) is 6.73. The highest BCUT2D eigenvalue weighted by molar-refractivity contribution is 5.96. The molecule has 136 valence electrons. The quantitative estimate of drug-likeness (QED) is 0.614. The summed E-state index contributed by atoms with van der Waals surface area (Å²) < 4.78 is 0. The summed E-state index contributed by atoms with van der Waals surface area (Å²) in [5, 5.41) is 11.2. The van der Waals surface area contributed by atoms with Crippen LogP contribution in [0.5, 0.6) is 0 Å². The van der Waals surface area contributed by atoms with Crippen LogP contribution in [0.3, 0.4) is 0 Å². The predicted molar refractivity (Wildman–Crippen MR) is 103 cm³/mol. The molecule has 0 aliphatic rings. The molecule has 0 aliphatic carbocycles. The summed E-state index contributed by atoms with van der Waals surface area (Å²) in [6, 6.07) is 14.1. The van der Waals surface area contributed by atoms with Crippen molar-refractivity contribution in [1.82, 2.24) is 0 Å². The third kappa shape index (κ3) is 6.27. The van der Waals surface area contributed by atoms with Crippen LogP contribution in [0.4, 0.5) is 22.7 Å². The van der Waals surface area contributed by atoms with Crippen molar-refractivity contribution >= 4 is 40.5 Å². The topological polar surface area (TPSA) is 99.3 Å². The van der Waals surface area contributed by atoms with Gasteiger partial charge in [0.2, 0.25) is 17.7 Å². The Morgan fingerprint density at radius 3 is 1.85 bits per heavy atom. The van der Waals surface area contributed by atoms with Crippen LogP contribution in [0.2, 0.25) is 0 Å². The van der Waals surface area contributed by atoms with Crippen molar-refractivity contribution in [2.24, 2.45) is 0 Å². The minimum Gasteiger partial charge on any atom is -0.376 e. The minimum absolute atomic E-state index is 0.0646. The second kappa shape index (κ2) is 9.22. The summed E-state index contributed by atoms with van der Waals surface area (Å²) in [5.74, 6) is -0.474. The lowest BCUT2D eigenvalue weighted by molar-refractivity contribution is -0.116. The first-order valence-corrected chi connectivity index (χ1v) is 8.27. The molecular weight excluding hydrogens is 332 g/mol. The summed E-state index contributed by atoms with van der Waals surface area (Å²) in [4.78, 5) is 34.6. The molecule has 26 heavy (non-hydrogen) atoms. The third-order valence-electron chi connectivity index (χ3n) is 3.39.